The zero-order chi connectivity index (χ0) is 33.3. The summed E-state index contributed by atoms with van der Waals surface area (Å²) in [6.45, 7) is 4.38. The van der Waals surface area contributed by atoms with Gasteiger partial charge in [0, 0.05) is 59.5 Å². The van der Waals surface area contributed by atoms with Crippen molar-refractivity contribution in [2.75, 3.05) is 44.4 Å². The molecule has 11 heteroatoms. The van der Waals surface area contributed by atoms with Crippen LogP contribution in [0.3, 0.4) is 0 Å². The second-order valence-electron chi connectivity index (χ2n) is 14.3. The third-order valence-corrected chi connectivity index (χ3v) is 10.9. The second-order valence-corrected chi connectivity index (χ2v) is 14.3. The molecule has 4 aromatic rings. The number of hydrogen-bond donors (Lipinski definition) is 2. The lowest BCUT2D eigenvalue weighted by Crippen LogP contribution is -2.52. The SMILES string of the molecule is C#Cc1c(F)ccc2cc(O)cc(-c3c(F)cc4c(N5C[C@H]6CC[C@@H](C5)N6)nc(OC[C@]5(C)CN(C6CC6)CC[C@H]5CF)nc4c3F)c12. The van der Waals surface area contributed by atoms with Crippen LogP contribution in [-0.2, 0) is 0 Å². The number of phenolic OH excluding ortho intramolecular Hbond substituents is 1. The molecule has 1 aliphatic carbocycles. The number of ether oxygens (including phenoxy) is 1. The minimum absolute atomic E-state index is 0.0849. The van der Waals surface area contributed by atoms with Crippen molar-refractivity contribution in [1.29, 1.82) is 0 Å². The predicted molar refractivity (Wildman–Crippen MR) is 176 cm³/mol. The maximum Gasteiger partial charge on any atom is 0.319 e. The van der Waals surface area contributed by atoms with E-state index in [1.807, 2.05) is 11.8 Å². The first-order valence-corrected chi connectivity index (χ1v) is 16.7. The number of alkyl halides is 1. The molecule has 1 aromatic heterocycles. The molecule has 4 atom stereocenters. The number of anilines is 1. The van der Waals surface area contributed by atoms with Gasteiger partial charge in [0.1, 0.15) is 28.7 Å². The molecule has 4 aliphatic rings. The highest BCUT2D eigenvalue weighted by Gasteiger charge is 2.44. The van der Waals surface area contributed by atoms with Gasteiger partial charge < -0.3 is 20.1 Å². The fraction of sp³-hybridized carbons (Fsp3) is 0.459. The molecule has 8 rings (SSSR count). The Morgan fingerprint density at radius 1 is 1.04 bits per heavy atom. The van der Waals surface area contributed by atoms with Gasteiger partial charge in [-0.25, -0.2) is 13.2 Å². The normalized spacial score (nSPS) is 25.9. The van der Waals surface area contributed by atoms with Crippen molar-refractivity contribution in [3.63, 3.8) is 0 Å². The van der Waals surface area contributed by atoms with Crippen LogP contribution in [0.4, 0.5) is 23.4 Å². The van der Waals surface area contributed by atoms with Gasteiger partial charge in [-0.3, -0.25) is 9.29 Å². The lowest BCUT2D eigenvalue weighted by atomic mass is 9.73. The van der Waals surface area contributed by atoms with Gasteiger partial charge in [0.05, 0.1) is 24.4 Å². The molecule has 3 aliphatic heterocycles. The topological polar surface area (TPSA) is 73.8 Å². The number of piperidine rings is 1. The van der Waals surface area contributed by atoms with Crippen LogP contribution in [0, 0.1) is 41.1 Å². The van der Waals surface area contributed by atoms with Crippen LogP contribution >= 0.6 is 0 Å². The van der Waals surface area contributed by atoms with E-state index in [1.54, 1.807) is 0 Å². The van der Waals surface area contributed by atoms with Gasteiger partial charge in [-0.15, -0.1) is 6.42 Å². The Balaban J connectivity index is 1.27. The van der Waals surface area contributed by atoms with Crippen molar-refractivity contribution >= 4 is 27.5 Å². The molecule has 1 saturated carbocycles. The number of nitrogens with zero attached hydrogens (tertiary/aromatic N) is 4. The van der Waals surface area contributed by atoms with Gasteiger partial charge in [-0.05, 0) is 74.2 Å². The number of halogens is 4. The molecule has 0 amide bonds. The molecule has 4 fully saturated rings. The first kappa shape index (κ1) is 31.1. The zero-order valence-electron chi connectivity index (χ0n) is 26.7. The highest BCUT2D eigenvalue weighted by Crippen LogP contribution is 2.43. The Morgan fingerprint density at radius 3 is 2.52 bits per heavy atom. The van der Waals surface area contributed by atoms with E-state index in [4.69, 9.17) is 16.1 Å². The standard InChI is InChI=1S/C37H37F4N5O2/c1-3-26-29(39)9-4-20-12-25(47)13-27(31(20)26)32-30(40)14-28-34(33(32)41)43-36(44-35(28)46-16-22-5-6-23(17-46)42-22)48-19-37(2)18-45(24-7-8-24)11-10-21(37)15-38/h1,4,9,12-14,21-24,42,47H,5-8,10-11,15-19H2,2H3/t21-,22-,23+,37-/m0/s1. The summed E-state index contributed by atoms with van der Waals surface area (Å²) in [5.41, 5.74) is -1.47. The van der Waals surface area contributed by atoms with Gasteiger partial charge in [0.15, 0.2) is 5.82 Å². The summed E-state index contributed by atoms with van der Waals surface area (Å²) in [4.78, 5) is 13.7. The summed E-state index contributed by atoms with van der Waals surface area (Å²) in [6, 6.07) is 7.15. The van der Waals surface area contributed by atoms with E-state index < -0.39 is 35.1 Å². The predicted octanol–water partition coefficient (Wildman–Crippen LogP) is 6.33. The number of rotatable bonds is 7. The van der Waals surface area contributed by atoms with Crippen molar-refractivity contribution in [3.8, 4) is 35.2 Å². The molecule has 2 N–H and O–H groups in total. The molecule has 0 spiro atoms. The molecular formula is C37H37F4N5O2. The smallest absolute Gasteiger partial charge is 0.319 e. The number of nitrogens with one attached hydrogen (secondary N) is 1. The van der Waals surface area contributed by atoms with Crippen molar-refractivity contribution < 1.29 is 27.4 Å². The van der Waals surface area contributed by atoms with Crippen LogP contribution in [0.2, 0.25) is 0 Å². The number of fused-ring (bicyclic) bond motifs is 4. The number of terminal acetylenes is 1. The monoisotopic (exact) mass is 659 g/mol. The molecule has 7 nitrogen and oxygen atoms in total. The molecule has 48 heavy (non-hydrogen) atoms. The van der Waals surface area contributed by atoms with E-state index >= 15 is 8.78 Å². The second kappa shape index (κ2) is 11.8. The third kappa shape index (κ3) is 5.30. The fourth-order valence-corrected chi connectivity index (χ4v) is 8.20. The van der Waals surface area contributed by atoms with Gasteiger partial charge in [-0.2, -0.15) is 9.97 Å². The number of benzene rings is 3. The minimum Gasteiger partial charge on any atom is -0.508 e. The Hall–Kier alpha value is -4.14. The lowest BCUT2D eigenvalue weighted by molar-refractivity contribution is -0.0122. The van der Waals surface area contributed by atoms with Crippen LogP contribution in [-0.4, -0.2) is 77.6 Å². The van der Waals surface area contributed by atoms with E-state index in [-0.39, 0.29) is 63.8 Å². The summed E-state index contributed by atoms with van der Waals surface area (Å²) in [6.07, 6.45) is 10.6. The van der Waals surface area contributed by atoms with Gasteiger partial charge in [0.25, 0.3) is 0 Å². The summed E-state index contributed by atoms with van der Waals surface area (Å²) >= 11 is 0. The van der Waals surface area contributed by atoms with E-state index in [0.29, 0.717) is 36.9 Å². The maximum absolute atomic E-state index is 16.9. The fourth-order valence-electron chi connectivity index (χ4n) is 8.20. The largest absolute Gasteiger partial charge is 0.508 e. The van der Waals surface area contributed by atoms with Crippen molar-refractivity contribution in [2.24, 2.45) is 11.3 Å². The molecule has 4 heterocycles. The molecule has 250 valence electrons. The molecule has 0 radical (unpaired) electrons. The molecule has 3 saturated heterocycles. The summed E-state index contributed by atoms with van der Waals surface area (Å²) in [5, 5.41) is 14.7. The Kier molecular flexibility index (Phi) is 7.64. The molecular weight excluding hydrogens is 622 g/mol. The van der Waals surface area contributed by atoms with E-state index in [2.05, 4.69) is 21.1 Å². The molecule has 2 bridgehead atoms. The Bertz CT molecular complexity index is 1970. The first-order chi connectivity index (χ1) is 23.2. The first-order valence-electron chi connectivity index (χ1n) is 16.7. The highest BCUT2D eigenvalue weighted by atomic mass is 19.1. The number of phenols is 1. The van der Waals surface area contributed by atoms with Crippen LogP contribution < -0.4 is 15.0 Å². The van der Waals surface area contributed by atoms with E-state index in [9.17, 15) is 13.9 Å². The Labute approximate surface area is 276 Å². The number of piperazine rings is 1. The highest BCUT2D eigenvalue weighted by molar-refractivity contribution is 6.04. The van der Waals surface area contributed by atoms with E-state index in [0.717, 1.165) is 44.7 Å². The van der Waals surface area contributed by atoms with Gasteiger partial charge in [0.2, 0.25) is 0 Å². The maximum atomic E-state index is 16.9. The van der Waals surface area contributed by atoms with Crippen LogP contribution in [0.25, 0.3) is 32.8 Å². The summed E-state index contributed by atoms with van der Waals surface area (Å²) < 4.78 is 68.7. The van der Waals surface area contributed by atoms with Crippen LogP contribution in [0.5, 0.6) is 11.8 Å². The van der Waals surface area contributed by atoms with Crippen LogP contribution in [0.1, 0.15) is 44.6 Å². The third-order valence-electron chi connectivity index (χ3n) is 10.9. The number of hydrogen-bond acceptors (Lipinski definition) is 7. The number of aromatic nitrogens is 2. The van der Waals surface area contributed by atoms with Gasteiger partial charge >= 0.3 is 6.01 Å². The molecule has 3 aromatic carbocycles. The Morgan fingerprint density at radius 2 is 1.81 bits per heavy atom. The minimum atomic E-state index is -1.01. The summed E-state index contributed by atoms with van der Waals surface area (Å²) in [7, 11) is 0. The quantitative estimate of drug-likeness (QED) is 0.177. The van der Waals surface area contributed by atoms with Crippen molar-refractivity contribution in [3.05, 3.63) is 53.3 Å². The molecule has 0 unspecified atom stereocenters. The average molecular weight is 660 g/mol. The van der Waals surface area contributed by atoms with Crippen molar-refractivity contribution in [2.45, 2.75) is 57.2 Å². The number of likely N-dealkylation sites (tertiary alicyclic amines) is 1. The lowest BCUT2D eigenvalue weighted by Gasteiger charge is -2.45. The average Bonchev–Trinajstić information content (AvgIpc) is 3.87. The number of aromatic hydroxyl groups is 1. The van der Waals surface area contributed by atoms with E-state index in [1.165, 1.54) is 24.3 Å². The van der Waals surface area contributed by atoms with Crippen molar-refractivity contribution in [1.82, 2.24) is 20.2 Å². The zero-order valence-corrected chi connectivity index (χ0v) is 26.7. The van der Waals surface area contributed by atoms with Gasteiger partial charge in [-0.1, -0.05) is 18.9 Å². The van der Waals surface area contributed by atoms with Crippen LogP contribution in [0.15, 0.2) is 30.3 Å². The summed E-state index contributed by atoms with van der Waals surface area (Å²) in [5.74, 6) is -0.494.